The van der Waals surface area contributed by atoms with E-state index < -0.39 is 0 Å². The second-order valence-corrected chi connectivity index (χ2v) is 5.72. The van der Waals surface area contributed by atoms with Gasteiger partial charge in [0.2, 0.25) is 0 Å². The molecule has 3 nitrogen and oxygen atoms in total. The van der Waals surface area contributed by atoms with Gasteiger partial charge in [-0.25, -0.2) is 0 Å². The first-order valence-corrected chi connectivity index (χ1v) is 7.30. The van der Waals surface area contributed by atoms with Crippen LogP contribution in [0.5, 0.6) is 0 Å². The number of likely N-dealkylation sites (N-methyl/N-ethyl adjacent to an activating group) is 1. The highest BCUT2D eigenvalue weighted by Crippen LogP contribution is 2.18. The van der Waals surface area contributed by atoms with Crippen LogP contribution < -0.4 is 10.2 Å². The molecule has 106 valence electrons. The van der Waals surface area contributed by atoms with Crippen LogP contribution in [0.4, 0.5) is 5.69 Å². The van der Waals surface area contributed by atoms with E-state index in [4.69, 9.17) is 4.74 Å². The summed E-state index contributed by atoms with van der Waals surface area (Å²) >= 11 is 0. The Labute approximate surface area is 116 Å². The van der Waals surface area contributed by atoms with Crippen LogP contribution in [0.15, 0.2) is 24.3 Å². The van der Waals surface area contributed by atoms with Crippen LogP contribution in [0.25, 0.3) is 0 Å². The van der Waals surface area contributed by atoms with Crippen molar-refractivity contribution in [2.75, 3.05) is 25.1 Å². The summed E-state index contributed by atoms with van der Waals surface area (Å²) in [5, 5.41) is 3.44. The average molecular weight is 262 g/mol. The molecular weight excluding hydrogens is 236 g/mol. The van der Waals surface area contributed by atoms with Gasteiger partial charge in [0.05, 0.1) is 6.10 Å². The Morgan fingerprint density at radius 2 is 2.05 bits per heavy atom. The van der Waals surface area contributed by atoms with E-state index in [2.05, 4.69) is 55.4 Å². The van der Waals surface area contributed by atoms with Crippen molar-refractivity contribution in [2.24, 2.45) is 0 Å². The highest BCUT2D eigenvalue weighted by molar-refractivity contribution is 5.47. The number of anilines is 1. The van der Waals surface area contributed by atoms with Gasteiger partial charge in [-0.2, -0.15) is 0 Å². The van der Waals surface area contributed by atoms with Crippen LogP contribution in [-0.4, -0.2) is 32.3 Å². The lowest BCUT2D eigenvalue weighted by molar-refractivity contribution is 0.116. The minimum Gasteiger partial charge on any atom is -0.376 e. The molecule has 1 aromatic carbocycles. The molecule has 3 heteroatoms. The molecule has 0 amide bonds. The molecule has 19 heavy (non-hydrogen) atoms. The Balaban J connectivity index is 1.86. The van der Waals surface area contributed by atoms with Crippen molar-refractivity contribution in [2.45, 2.75) is 45.4 Å². The number of ether oxygens (including phenoxy) is 1. The molecule has 1 aliphatic rings. The Kier molecular flexibility index (Phi) is 5.23. The summed E-state index contributed by atoms with van der Waals surface area (Å²) < 4.78 is 5.68. The van der Waals surface area contributed by atoms with Gasteiger partial charge >= 0.3 is 0 Å². The number of benzene rings is 1. The van der Waals surface area contributed by atoms with E-state index in [1.807, 2.05) is 0 Å². The average Bonchev–Trinajstić information content (AvgIpc) is 2.89. The summed E-state index contributed by atoms with van der Waals surface area (Å²) in [5.74, 6) is 0. The van der Waals surface area contributed by atoms with E-state index in [9.17, 15) is 0 Å². The van der Waals surface area contributed by atoms with Crippen molar-refractivity contribution in [3.8, 4) is 0 Å². The van der Waals surface area contributed by atoms with Crippen LogP contribution in [0.2, 0.25) is 0 Å². The molecule has 1 aliphatic heterocycles. The largest absolute Gasteiger partial charge is 0.376 e. The van der Waals surface area contributed by atoms with Crippen molar-refractivity contribution < 1.29 is 4.74 Å². The van der Waals surface area contributed by atoms with Gasteiger partial charge in [0.1, 0.15) is 0 Å². The van der Waals surface area contributed by atoms with Crippen LogP contribution in [0.1, 0.15) is 32.3 Å². The molecule has 0 radical (unpaired) electrons. The van der Waals surface area contributed by atoms with E-state index in [0.717, 1.165) is 19.7 Å². The second-order valence-electron chi connectivity index (χ2n) is 5.72. The SMILES string of the molecule is CC(C)NCc1ccc(N(C)CC2CCCO2)cc1. The number of hydrogen-bond acceptors (Lipinski definition) is 3. The van der Waals surface area contributed by atoms with Crippen molar-refractivity contribution in [3.05, 3.63) is 29.8 Å². The zero-order valence-electron chi connectivity index (χ0n) is 12.4. The molecule has 1 atom stereocenters. The Hall–Kier alpha value is -1.06. The summed E-state index contributed by atoms with van der Waals surface area (Å²) in [4.78, 5) is 2.29. The van der Waals surface area contributed by atoms with Gasteiger partial charge in [0, 0.05) is 38.5 Å². The Morgan fingerprint density at radius 1 is 1.32 bits per heavy atom. The Morgan fingerprint density at radius 3 is 2.63 bits per heavy atom. The maximum absolute atomic E-state index is 5.68. The van der Waals surface area contributed by atoms with Gasteiger partial charge in [-0.05, 0) is 30.5 Å². The molecular formula is C16H26N2O. The molecule has 2 rings (SSSR count). The van der Waals surface area contributed by atoms with E-state index in [-0.39, 0.29) is 0 Å². The van der Waals surface area contributed by atoms with Crippen molar-refractivity contribution in [1.29, 1.82) is 0 Å². The summed E-state index contributed by atoms with van der Waals surface area (Å²) in [6.07, 6.45) is 2.81. The first-order valence-electron chi connectivity index (χ1n) is 7.30. The van der Waals surface area contributed by atoms with Crippen molar-refractivity contribution in [3.63, 3.8) is 0 Å². The topological polar surface area (TPSA) is 24.5 Å². The van der Waals surface area contributed by atoms with Gasteiger partial charge in [-0.1, -0.05) is 26.0 Å². The number of hydrogen-bond donors (Lipinski definition) is 1. The monoisotopic (exact) mass is 262 g/mol. The number of nitrogens with one attached hydrogen (secondary N) is 1. The lowest BCUT2D eigenvalue weighted by Crippen LogP contribution is -2.28. The van der Waals surface area contributed by atoms with E-state index in [0.29, 0.717) is 12.1 Å². The summed E-state index contributed by atoms with van der Waals surface area (Å²) in [7, 11) is 2.14. The van der Waals surface area contributed by atoms with Crippen LogP contribution in [0, 0.1) is 0 Å². The predicted molar refractivity (Wildman–Crippen MR) is 80.7 cm³/mol. The first-order chi connectivity index (χ1) is 9.15. The summed E-state index contributed by atoms with van der Waals surface area (Å²) in [6.45, 7) is 7.20. The maximum atomic E-state index is 5.68. The maximum Gasteiger partial charge on any atom is 0.0750 e. The van der Waals surface area contributed by atoms with E-state index in [1.165, 1.54) is 24.1 Å². The van der Waals surface area contributed by atoms with Crippen LogP contribution in [0.3, 0.4) is 0 Å². The highest BCUT2D eigenvalue weighted by atomic mass is 16.5. The Bertz CT molecular complexity index is 369. The predicted octanol–water partition coefficient (Wildman–Crippen LogP) is 2.80. The molecule has 1 fully saturated rings. The molecule has 0 bridgehead atoms. The van der Waals surface area contributed by atoms with E-state index in [1.54, 1.807) is 0 Å². The molecule has 0 aliphatic carbocycles. The van der Waals surface area contributed by atoms with Gasteiger partial charge < -0.3 is 15.0 Å². The molecule has 1 saturated heterocycles. The number of nitrogens with zero attached hydrogens (tertiary/aromatic N) is 1. The lowest BCUT2D eigenvalue weighted by Gasteiger charge is -2.23. The summed E-state index contributed by atoms with van der Waals surface area (Å²) in [6, 6.07) is 9.34. The summed E-state index contributed by atoms with van der Waals surface area (Å²) in [5.41, 5.74) is 2.60. The minimum atomic E-state index is 0.410. The fourth-order valence-corrected chi connectivity index (χ4v) is 2.39. The molecule has 1 heterocycles. The molecule has 0 saturated carbocycles. The van der Waals surface area contributed by atoms with Gasteiger partial charge in [-0.3, -0.25) is 0 Å². The quantitative estimate of drug-likeness (QED) is 0.853. The van der Waals surface area contributed by atoms with E-state index >= 15 is 0 Å². The molecule has 1 aromatic rings. The second kappa shape index (κ2) is 6.92. The third-order valence-electron chi connectivity index (χ3n) is 3.59. The zero-order chi connectivity index (χ0) is 13.7. The third-order valence-corrected chi connectivity index (χ3v) is 3.59. The minimum absolute atomic E-state index is 0.410. The van der Waals surface area contributed by atoms with Crippen LogP contribution in [-0.2, 0) is 11.3 Å². The smallest absolute Gasteiger partial charge is 0.0750 e. The normalized spacial score (nSPS) is 19.1. The van der Waals surface area contributed by atoms with Crippen LogP contribution >= 0.6 is 0 Å². The molecule has 0 spiro atoms. The number of rotatable bonds is 6. The fourth-order valence-electron chi connectivity index (χ4n) is 2.39. The standard InChI is InChI=1S/C16H26N2O/c1-13(2)17-11-14-6-8-15(9-7-14)18(3)12-16-5-4-10-19-16/h6-9,13,16-17H,4-5,10-12H2,1-3H3. The van der Waals surface area contributed by atoms with Crippen molar-refractivity contribution >= 4 is 5.69 Å². The first kappa shape index (κ1) is 14.4. The highest BCUT2D eigenvalue weighted by Gasteiger charge is 2.17. The lowest BCUT2D eigenvalue weighted by atomic mass is 10.1. The fraction of sp³-hybridized carbons (Fsp3) is 0.625. The molecule has 1 unspecified atom stereocenters. The van der Waals surface area contributed by atoms with Gasteiger partial charge in [0.25, 0.3) is 0 Å². The third kappa shape index (κ3) is 4.51. The molecule has 0 aromatic heterocycles. The molecule has 1 N–H and O–H groups in total. The van der Waals surface area contributed by atoms with Crippen molar-refractivity contribution in [1.82, 2.24) is 5.32 Å². The van der Waals surface area contributed by atoms with Gasteiger partial charge in [-0.15, -0.1) is 0 Å². The van der Waals surface area contributed by atoms with Gasteiger partial charge in [0.15, 0.2) is 0 Å². The zero-order valence-corrected chi connectivity index (χ0v) is 12.4.